The molecule has 2 rings (SSSR count). The number of carbonyl (C=O) groups excluding carboxylic acids is 2. The van der Waals surface area contributed by atoms with Gasteiger partial charge in [0, 0.05) is 25.8 Å². The molecule has 0 heterocycles. The van der Waals surface area contributed by atoms with E-state index in [-0.39, 0.29) is 13.8 Å². The van der Waals surface area contributed by atoms with Crippen LogP contribution in [0, 0.1) is 29.1 Å². The summed E-state index contributed by atoms with van der Waals surface area (Å²) in [6, 6.07) is 0. The maximum Gasteiger partial charge on any atom is 0.220 e. The van der Waals surface area contributed by atoms with Gasteiger partial charge in [-0.15, -0.1) is 0 Å². The summed E-state index contributed by atoms with van der Waals surface area (Å²) in [7, 11) is -0.195. The number of hydrogen-bond donors (Lipinski definition) is 1. The molecule has 224 valence electrons. The van der Waals surface area contributed by atoms with E-state index in [4.69, 9.17) is 0 Å². The minimum absolute atomic E-state index is 0.195. The van der Waals surface area contributed by atoms with Crippen molar-refractivity contribution < 1.29 is 9.59 Å². The second-order valence-electron chi connectivity index (χ2n) is 13.6. The zero-order valence-electron chi connectivity index (χ0n) is 26.4. The summed E-state index contributed by atoms with van der Waals surface area (Å²) in [4.78, 5) is 24.9. The van der Waals surface area contributed by atoms with E-state index < -0.39 is 0 Å². The SMILES string of the molecule is C=C(CCNC(=O)CC[C@H]1C2CCCCCCC21C)CCC(C)CC(C)CCC(=O)CCP(C)C(=C)CCC. The molecule has 0 bridgehead atoms. The quantitative estimate of drug-likeness (QED) is 0.119. The number of amides is 1. The van der Waals surface area contributed by atoms with Gasteiger partial charge < -0.3 is 5.32 Å². The molecule has 1 amide bonds. The van der Waals surface area contributed by atoms with Gasteiger partial charge in [0.05, 0.1) is 0 Å². The van der Waals surface area contributed by atoms with Crippen LogP contribution in [0.4, 0.5) is 0 Å². The Hall–Kier alpha value is -0.950. The zero-order chi connectivity index (χ0) is 28.8. The van der Waals surface area contributed by atoms with Crippen LogP contribution in [-0.2, 0) is 9.59 Å². The standard InChI is InChI=1S/C35H62NO2P/c1-8-13-30(5)39(7)25-22-31(37)18-17-29(4)26-28(3)16-15-27(2)21-24-36-34(38)20-19-33-32-14-11-9-10-12-23-35(32,33)6/h28-29,32-33H,2,5,8-26H2,1,3-4,6-7H3,(H,36,38)/t28?,29?,32?,33-,35?,39?/m0/s1. The highest BCUT2D eigenvalue weighted by atomic mass is 31.1. The topological polar surface area (TPSA) is 46.2 Å². The smallest absolute Gasteiger partial charge is 0.220 e. The third-order valence-electron chi connectivity index (χ3n) is 10.1. The molecule has 2 aliphatic carbocycles. The lowest BCUT2D eigenvalue weighted by Crippen LogP contribution is -2.24. The fraction of sp³-hybridized carbons (Fsp3) is 0.829. The second kappa shape index (κ2) is 17.8. The van der Waals surface area contributed by atoms with Crippen LogP contribution in [-0.4, -0.2) is 31.1 Å². The van der Waals surface area contributed by atoms with E-state index in [0.29, 0.717) is 29.5 Å². The molecule has 0 aliphatic heterocycles. The molecule has 3 nitrogen and oxygen atoms in total. The second-order valence-corrected chi connectivity index (χ2v) is 16.1. The van der Waals surface area contributed by atoms with Crippen molar-refractivity contribution in [2.24, 2.45) is 29.1 Å². The van der Waals surface area contributed by atoms with Gasteiger partial charge in [0.25, 0.3) is 0 Å². The van der Waals surface area contributed by atoms with E-state index in [1.807, 2.05) is 0 Å². The molecule has 2 aliphatic rings. The van der Waals surface area contributed by atoms with E-state index in [9.17, 15) is 9.59 Å². The minimum atomic E-state index is -0.195. The summed E-state index contributed by atoms with van der Waals surface area (Å²) in [5.74, 6) is 3.53. The number of nitrogens with one attached hydrogen (secondary N) is 1. The predicted molar refractivity (Wildman–Crippen MR) is 172 cm³/mol. The lowest BCUT2D eigenvalue weighted by Gasteiger charge is -2.18. The number of allylic oxidation sites excluding steroid dienone is 1. The van der Waals surface area contributed by atoms with E-state index in [2.05, 4.69) is 52.8 Å². The van der Waals surface area contributed by atoms with Crippen molar-refractivity contribution in [1.29, 1.82) is 0 Å². The zero-order valence-corrected chi connectivity index (χ0v) is 27.3. The van der Waals surface area contributed by atoms with Gasteiger partial charge in [-0.2, -0.15) is 0 Å². The molecule has 0 radical (unpaired) electrons. The van der Waals surface area contributed by atoms with Crippen molar-refractivity contribution in [3.8, 4) is 0 Å². The summed E-state index contributed by atoms with van der Waals surface area (Å²) < 4.78 is 0. The van der Waals surface area contributed by atoms with Crippen LogP contribution in [0.15, 0.2) is 24.0 Å². The van der Waals surface area contributed by atoms with Gasteiger partial charge in [0.15, 0.2) is 0 Å². The highest BCUT2D eigenvalue weighted by Gasteiger charge is 2.58. The van der Waals surface area contributed by atoms with Crippen molar-refractivity contribution in [1.82, 2.24) is 5.32 Å². The Bertz CT molecular complexity index is 792. The van der Waals surface area contributed by atoms with Gasteiger partial charge in [-0.3, -0.25) is 9.59 Å². The van der Waals surface area contributed by atoms with Gasteiger partial charge in [0.1, 0.15) is 5.78 Å². The first kappa shape index (κ1) is 34.3. The molecule has 5 unspecified atom stereocenters. The van der Waals surface area contributed by atoms with Crippen molar-refractivity contribution in [3.63, 3.8) is 0 Å². The highest BCUT2D eigenvalue weighted by molar-refractivity contribution is 7.61. The molecule has 39 heavy (non-hydrogen) atoms. The van der Waals surface area contributed by atoms with Crippen molar-refractivity contribution in [2.45, 2.75) is 137 Å². The van der Waals surface area contributed by atoms with Crippen LogP contribution < -0.4 is 5.32 Å². The van der Waals surface area contributed by atoms with E-state index in [1.165, 1.54) is 55.8 Å². The average molecular weight is 560 g/mol. The molecule has 0 saturated heterocycles. The number of Topliss-reactive ketones (excluding diaryl/α,β-unsaturated/α-hetero) is 1. The fourth-order valence-corrected chi connectivity index (χ4v) is 8.64. The number of carbonyl (C=O) groups is 2. The molecule has 6 atom stereocenters. The van der Waals surface area contributed by atoms with Gasteiger partial charge in [-0.05, 0) is 99.7 Å². The average Bonchev–Trinajstić information content (AvgIpc) is 3.43. The fourth-order valence-electron chi connectivity index (χ4n) is 7.13. The number of ketones is 1. The van der Waals surface area contributed by atoms with Crippen LogP contribution in [0.3, 0.4) is 0 Å². The van der Waals surface area contributed by atoms with Crippen molar-refractivity contribution >= 4 is 19.6 Å². The summed E-state index contributed by atoms with van der Waals surface area (Å²) in [6.45, 7) is 20.8. The molecular formula is C35H62NO2P. The summed E-state index contributed by atoms with van der Waals surface area (Å²) in [5, 5.41) is 4.52. The largest absolute Gasteiger partial charge is 0.356 e. The Labute approximate surface area is 243 Å². The minimum Gasteiger partial charge on any atom is -0.356 e. The first-order valence-electron chi connectivity index (χ1n) is 16.4. The Kier molecular flexibility index (Phi) is 15.6. The Morgan fingerprint density at radius 1 is 0.949 bits per heavy atom. The first-order chi connectivity index (χ1) is 18.6. The molecular weight excluding hydrogens is 497 g/mol. The van der Waals surface area contributed by atoms with Crippen molar-refractivity contribution in [2.75, 3.05) is 19.4 Å². The maximum atomic E-state index is 12.5. The van der Waals surface area contributed by atoms with Gasteiger partial charge in [0.2, 0.25) is 5.91 Å². The number of fused-ring (bicyclic) bond motifs is 1. The number of rotatable bonds is 20. The number of hydrogen-bond acceptors (Lipinski definition) is 2. The van der Waals surface area contributed by atoms with Gasteiger partial charge in [-0.25, -0.2) is 0 Å². The molecule has 2 fully saturated rings. The van der Waals surface area contributed by atoms with Crippen LogP contribution in [0.5, 0.6) is 0 Å². The third-order valence-corrected chi connectivity index (χ3v) is 12.2. The monoisotopic (exact) mass is 559 g/mol. The molecule has 0 aromatic heterocycles. The molecule has 1 N–H and O–H groups in total. The van der Waals surface area contributed by atoms with Crippen LogP contribution in [0.2, 0.25) is 0 Å². The third kappa shape index (κ3) is 12.6. The normalized spacial score (nSPS) is 24.9. The Morgan fingerprint density at radius 3 is 2.36 bits per heavy atom. The van der Waals surface area contributed by atoms with Crippen molar-refractivity contribution in [3.05, 3.63) is 24.0 Å². The van der Waals surface area contributed by atoms with Crippen LogP contribution in [0.25, 0.3) is 0 Å². The van der Waals surface area contributed by atoms with E-state index >= 15 is 0 Å². The lowest BCUT2D eigenvalue weighted by molar-refractivity contribution is -0.121. The molecule has 0 aromatic rings. The van der Waals surface area contributed by atoms with E-state index in [1.54, 1.807) is 0 Å². The van der Waals surface area contributed by atoms with Gasteiger partial charge >= 0.3 is 0 Å². The summed E-state index contributed by atoms with van der Waals surface area (Å²) in [6.07, 6.45) is 20.1. The Morgan fingerprint density at radius 2 is 1.64 bits per heavy atom. The molecule has 2 saturated carbocycles. The predicted octanol–water partition coefficient (Wildman–Crippen LogP) is 10.0. The Balaban J connectivity index is 1.50. The highest BCUT2D eigenvalue weighted by Crippen LogP contribution is 2.66. The van der Waals surface area contributed by atoms with Gasteiger partial charge in [-0.1, -0.05) is 91.8 Å². The van der Waals surface area contributed by atoms with E-state index in [0.717, 1.165) is 82.3 Å². The van der Waals surface area contributed by atoms with Crippen LogP contribution >= 0.6 is 7.92 Å². The van der Waals surface area contributed by atoms with Crippen LogP contribution in [0.1, 0.15) is 137 Å². The molecule has 4 heteroatoms. The maximum absolute atomic E-state index is 12.5. The molecule has 0 aromatic carbocycles. The summed E-state index contributed by atoms with van der Waals surface area (Å²) in [5.41, 5.74) is 1.78. The summed E-state index contributed by atoms with van der Waals surface area (Å²) >= 11 is 0. The lowest BCUT2D eigenvalue weighted by atomic mass is 9.89. The molecule has 0 spiro atoms. The first-order valence-corrected chi connectivity index (χ1v) is 18.4.